The van der Waals surface area contributed by atoms with E-state index in [9.17, 15) is 4.79 Å². The third kappa shape index (κ3) is 9.04. The minimum absolute atomic E-state index is 0.0374. The van der Waals surface area contributed by atoms with Crippen molar-refractivity contribution in [3.05, 3.63) is 279 Å². The molecule has 4 aromatic carbocycles. The van der Waals surface area contributed by atoms with Gasteiger partial charge >= 0.3 is 0 Å². The fraction of sp³-hybridized carbons (Fsp3) is 0.194. The molecule has 0 saturated heterocycles. The molecule has 0 saturated carbocycles. The van der Waals surface area contributed by atoms with Gasteiger partial charge in [0.2, 0.25) is 0 Å². The molecular formula is C72H64N6O2S4. The average molecular weight is 1170 g/mol. The van der Waals surface area contributed by atoms with Crippen LogP contribution in [0.2, 0.25) is 0 Å². The molecule has 0 aliphatic carbocycles. The average Bonchev–Trinajstić information content (AvgIpc) is 2.90. The Bertz CT molecular complexity index is 4830. The van der Waals surface area contributed by atoms with Crippen molar-refractivity contribution < 1.29 is 9.59 Å². The van der Waals surface area contributed by atoms with Crippen molar-refractivity contribution >= 4 is 97.3 Å². The topological polar surface area (TPSA) is 129 Å². The Morgan fingerprint density at radius 3 is 1.13 bits per heavy atom. The van der Waals surface area contributed by atoms with Crippen molar-refractivity contribution in [1.29, 1.82) is 0 Å². The largest absolute Gasteiger partial charge is 0.362 e. The summed E-state index contributed by atoms with van der Waals surface area (Å²) in [5.41, 5.74) is 23.3. The maximum Gasteiger partial charge on any atom is 0.165 e. The zero-order valence-corrected chi connectivity index (χ0v) is 51.5. The van der Waals surface area contributed by atoms with E-state index in [-0.39, 0.29) is 35.2 Å². The lowest BCUT2D eigenvalue weighted by Crippen LogP contribution is -2.09. The van der Waals surface area contributed by atoms with E-state index >= 15 is 4.79 Å². The molecule has 4 unspecified atom stereocenters. The number of thiophene rings is 4. The Morgan fingerprint density at radius 2 is 0.726 bits per heavy atom. The van der Waals surface area contributed by atoms with Crippen molar-refractivity contribution in [2.75, 3.05) is 0 Å². The summed E-state index contributed by atoms with van der Waals surface area (Å²) in [5, 5.41) is 14.1. The standard InChI is InChI=1S/C72H64N6O2S4/c1-37-25-27-54(73-37)66(50-33-81-60-21-13-9-17-46(50)60)55-28-29-57(77-55)69(53-36-84-63-24-16-12-20-49(53)63)72-40(4)65(43(7)76-72)59(80)32-26-45-38(2)70(74-41(45)5)67(51-34-82-61-22-14-10-18-47(51)61)56-30-31-58(78-56)68(52-35-83-62-23-15-11-19-48(52)62)71-39(3)64(44(8)79)42(6)75-71/h9-25,27-31,33-36,66-69,73-78H,26,32H2,1-8H3. The second-order valence-corrected chi connectivity index (χ2v) is 26.5. The van der Waals surface area contributed by atoms with Gasteiger partial charge in [0.1, 0.15) is 0 Å². The molecule has 6 N–H and O–H groups in total. The van der Waals surface area contributed by atoms with Crippen molar-refractivity contribution in [2.45, 2.75) is 91.9 Å². The van der Waals surface area contributed by atoms with Gasteiger partial charge in [-0.1, -0.05) is 72.8 Å². The Kier molecular flexibility index (Phi) is 13.7. The van der Waals surface area contributed by atoms with E-state index in [2.05, 4.69) is 226 Å². The van der Waals surface area contributed by atoms with Crippen LogP contribution in [-0.2, 0) is 6.42 Å². The number of hydrogen-bond acceptors (Lipinski definition) is 6. The normalized spacial score (nSPS) is 13.5. The first-order valence-electron chi connectivity index (χ1n) is 28.8. The van der Waals surface area contributed by atoms with E-state index in [4.69, 9.17) is 0 Å². The van der Waals surface area contributed by atoms with Crippen LogP contribution in [-0.4, -0.2) is 41.5 Å². The van der Waals surface area contributed by atoms with E-state index in [1.54, 1.807) is 52.3 Å². The third-order valence-electron chi connectivity index (χ3n) is 17.8. The fourth-order valence-corrected chi connectivity index (χ4v) is 17.9. The molecule has 10 aromatic heterocycles. The molecule has 14 aromatic rings. The number of carbonyl (C=O) groups excluding carboxylic acids is 2. The molecule has 84 heavy (non-hydrogen) atoms. The number of Topliss-reactive ketones (excluding diaryl/α,β-unsaturated/α-hetero) is 2. The van der Waals surface area contributed by atoms with E-state index in [0.717, 1.165) is 96.1 Å². The Hall–Kier alpha value is -8.26. The van der Waals surface area contributed by atoms with Crippen molar-refractivity contribution in [1.82, 2.24) is 29.9 Å². The zero-order chi connectivity index (χ0) is 57.7. The van der Waals surface area contributed by atoms with Crippen LogP contribution in [0.1, 0.15) is 171 Å². The predicted molar refractivity (Wildman–Crippen MR) is 352 cm³/mol. The number of benzene rings is 4. The summed E-state index contributed by atoms with van der Waals surface area (Å²) in [5.74, 6) is -0.384. The highest BCUT2D eigenvalue weighted by atomic mass is 32.1. The van der Waals surface area contributed by atoms with Gasteiger partial charge in [-0.25, -0.2) is 0 Å². The molecule has 0 aliphatic heterocycles. The minimum atomic E-state index is -0.190. The molecule has 10 heterocycles. The lowest BCUT2D eigenvalue weighted by atomic mass is 9.88. The van der Waals surface area contributed by atoms with Gasteiger partial charge in [0.05, 0.1) is 23.7 Å². The molecule has 0 spiro atoms. The summed E-state index contributed by atoms with van der Waals surface area (Å²) in [6.07, 6.45) is 0.945. The second-order valence-electron chi connectivity index (χ2n) is 22.9. The summed E-state index contributed by atoms with van der Waals surface area (Å²) in [7, 11) is 0. The maximum atomic E-state index is 15.1. The van der Waals surface area contributed by atoms with E-state index < -0.39 is 0 Å². The third-order valence-corrected chi connectivity index (χ3v) is 21.8. The number of rotatable bonds is 17. The Labute approximate surface area is 504 Å². The van der Waals surface area contributed by atoms with Crippen LogP contribution in [0, 0.1) is 48.5 Å². The molecule has 0 aliphatic rings. The molecule has 0 radical (unpaired) electrons. The van der Waals surface area contributed by atoms with Gasteiger partial charge in [0.25, 0.3) is 0 Å². The SMILES string of the molecule is CC(=O)c1c(C)[nH]c(C(c2ccc(C(c3[nH]c(C)c(CCC(=O)c4c(C)[nH]c(C(c5ccc(C(c6ccc(C)[nH]6)c6csc7ccccc67)[nH]5)c5csc6ccccc56)c4C)c3C)c3csc4ccccc34)[nH]2)c2csc3ccccc23)c1C. The quantitative estimate of drug-likeness (QED) is 0.0508. The first kappa shape index (κ1) is 53.7. The monoisotopic (exact) mass is 1170 g/mol. The van der Waals surface area contributed by atoms with Gasteiger partial charge in [-0.2, -0.15) is 0 Å². The van der Waals surface area contributed by atoms with Crippen LogP contribution in [0.5, 0.6) is 0 Å². The highest BCUT2D eigenvalue weighted by molar-refractivity contribution is 7.18. The summed E-state index contributed by atoms with van der Waals surface area (Å²) < 4.78 is 4.96. The van der Waals surface area contributed by atoms with Crippen LogP contribution < -0.4 is 0 Å². The number of aryl methyl sites for hydroxylation is 4. The molecule has 0 bridgehead atoms. The van der Waals surface area contributed by atoms with Crippen molar-refractivity contribution in [3.8, 4) is 0 Å². The van der Waals surface area contributed by atoms with Gasteiger partial charge in [-0.3, -0.25) is 9.59 Å². The molecule has 0 fully saturated rings. The van der Waals surface area contributed by atoms with E-state index in [1.165, 1.54) is 68.2 Å². The molecule has 14 rings (SSSR count). The van der Waals surface area contributed by atoms with Crippen LogP contribution >= 0.6 is 45.3 Å². The van der Waals surface area contributed by atoms with Crippen LogP contribution in [0.4, 0.5) is 0 Å². The molecular weight excluding hydrogens is 1110 g/mol. The fourth-order valence-electron chi connectivity index (χ4n) is 14.0. The van der Waals surface area contributed by atoms with Gasteiger partial charge in [0.15, 0.2) is 11.6 Å². The number of aromatic nitrogens is 6. The van der Waals surface area contributed by atoms with Gasteiger partial charge < -0.3 is 29.9 Å². The van der Waals surface area contributed by atoms with Crippen LogP contribution in [0.3, 0.4) is 0 Å². The van der Waals surface area contributed by atoms with Gasteiger partial charge in [0, 0.05) is 105 Å². The highest BCUT2D eigenvalue weighted by Crippen LogP contribution is 2.47. The number of nitrogens with one attached hydrogen (secondary N) is 6. The molecule has 8 nitrogen and oxygen atoms in total. The molecule has 12 heteroatoms. The lowest BCUT2D eigenvalue weighted by Gasteiger charge is -2.19. The van der Waals surface area contributed by atoms with Crippen LogP contribution in [0.25, 0.3) is 40.3 Å². The van der Waals surface area contributed by atoms with Crippen LogP contribution in [0.15, 0.2) is 155 Å². The van der Waals surface area contributed by atoms with Crippen molar-refractivity contribution in [3.63, 3.8) is 0 Å². The van der Waals surface area contributed by atoms with E-state index in [1.807, 2.05) is 6.92 Å². The first-order chi connectivity index (χ1) is 40.8. The maximum absolute atomic E-state index is 15.1. The number of carbonyl (C=O) groups is 2. The summed E-state index contributed by atoms with van der Waals surface area (Å²) in [6, 6.07) is 48.0. The summed E-state index contributed by atoms with van der Waals surface area (Å²) >= 11 is 7.08. The minimum Gasteiger partial charge on any atom is -0.362 e. The van der Waals surface area contributed by atoms with Gasteiger partial charge in [-0.05, 0) is 210 Å². The predicted octanol–water partition coefficient (Wildman–Crippen LogP) is 19.4. The highest BCUT2D eigenvalue weighted by Gasteiger charge is 2.34. The van der Waals surface area contributed by atoms with Crippen molar-refractivity contribution in [2.24, 2.45) is 0 Å². The number of fused-ring (bicyclic) bond motifs is 4. The number of aromatic amines is 6. The van der Waals surface area contributed by atoms with E-state index in [0.29, 0.717) is 12.8 Å². The first-order valence-corrected chi connectivity index (χ1v) is 32.3. The lowest BCUT2D eigenvalue weighted by molar-refractivity contribution is 0.0979. The van der Waals surface area contributed by atoms with Gasteiger partial charge in [-0.15, -0.1) is 45.3 Å². The number of hydrogen-bond donors (Lipinski definition) is 6. The zero-order valence-electron chi connectivity index (χ0n) is 48.2. The Morgan fingerprint density at radius 1 is 0.381 bits per heavy atom. The molecule has 4 atom stereocenters. The molecule has 418 valence electrons. The summed E-state index contributed by atoms with van der Waals surface area (Å²) in [4.78, 5) is 51.5. The smallest absolute Gasteiger partial charge is 0.165 e. The number of H-pyrrole nitrogens is 6. The summed E-state index contributed by atoms with van der Waals surface area (Å²) in [6.45, 7) is 16.4. The Balaban J connectivity index is 0.814. The number of ketones is 2. The second kappa shape index (κ2) is 21.4. The molecule has 0 amide bonds.